The van der Waals surface area contributed by atoms with Gasteiger partial charge in [-0.05, 0) is 36.5 Å². The number of rotatable bonds is 6. The molecule has 102 valence electrons. The molecule has 0 heterocycles. The molecule has 0 bridgehead atoms. The highest BCUT2D eigenvalue weighted by atomic mass is 15.1. The molecule has 2 heteroatoms. The molecule has 2 nitrogen and oxygen atoms in total. The minimum atomic E-state index is 0.390. The summed E-state index contributed by atoms with van der Waals surface area (Å²) in [6, 6.07) is 15.6. The van der Waals surface area contributed by atoms with Gasteiger partial charge in [-0.15, -0.1) is 0 Å². The van der Waals surface area contributed by atoms with Crippen LogP contribution in [0.3, 0.4) is 0 Å². The quantitative estimate of drug-likeness (QED) is 0.851. The third kappa shape index (κ3) is 3.34. The molecular formula is C17H24N2. The van der Waals surface area contributed by atoms with Crippen molar-refractivity contribution >= 4 is 10.8 Å². The molecule has 0 aliphatic carbocycles. The Morgan fingerprint density at radius 1 is 1.05 bits per heavy atom. The Balaban J connectivity index is 2.38. The maximum atomic E-state index is 3.61. The van der Waals surface area contributed by atoms with Gasteiger partial charge < -0.3 is 10.2 Å². The highest BCUT2D eigenvalue weighted by Gasteiger charge is 2.14. The van der Waals surface area contributed by atoms with Gasteiger partial charge in [0.15, 0.2) is 0 Å². The van der Waals surface area contributed by atoms with E-state index < -0.39 is 0 Å². The number of nitrogens with zero attached hydrogens (tertiary/aromatic N) is 1. The third-order valence-corrected chi connectivity index (χ3v) is 3.68. The maximum absolute atomic E-state index is 3.61. The van der Waals surface area contributed by atoms with Crippen molar-refractivity contribution in [3.63, 3.8) is 0 Å². The Labute approximate surface area is 116 Å². The average Bonchev–Trinajstić information content (AvgIpc) is 2.46. The Bertz CT molecular complexity index is 516. The van der Waals surface area contributed by atoms with Crippen molar-refractivity contribution in [1.29, 1.82) is 0 Å². The SMILES string of the molecule is CCNC(CN(C)CC)c1cccc2ccccc12. The van der Waals surface area contributed by atoms with Gasteiger partial charge in [-0.25, -0.2) is 0 Å². The Kier molecular flexibility index (Phi) is 4.94. The van der Waals surface area contributed by atoms with E-state index in [4.69, 9.17) is 0 Å². The summed E-state index contributed by atoms with van der Waals surface area (Å²) in [5, 5.41) is 6.30. The maximum Gasteiger partial charge on any atom is 0.0455 e. The molecule has 0 radical (unpaired) electrons. The van der Waals surface area contributed by atoms with Gasteiger partial charge in [-0.1, -0.05) is 56.3 Å². The van der Waals surface area contributed by atoms with Crippen LogP contribution in [-0.4, -0.2) is 31.6 Å². The van der Waals surface area contributed by atoms with E-state index in [1.807, 2.05) is 0 Å². The van der Waals surface area contributed by atoms with Crippen LogP contribution in [0.2, 0.25) is 0 Å². The van der Waals surface area contributed by atoms with Crippen molar-refractivity contribution in [2.45, 2.75) is 19.9 Å². The molecule has 0 aromatic heterocycles. The van der Waals surface area contributed by atoms with E-state index in [1.54, 1.807) is 0 Å². The lowest BCUT2D eigenvalue weighted by atomic mass is 9.98. The molecule has 0 aliphatic rings. The van der Waals surface area contributed by atoms with Crippen LogP contribution >= 0.6 is 0 Å². The smallest absolute Gasteiger partial charge is 0.0455 e. The minimum Gasteiger partial charge on any atom is -0.309 e. The number of hydrogen-bond acceptors (Lipinski definition) is 2. The molecule has 2 aromatic rings. The second-order valence-corrected chi connectivity index (χ2v) is 5.03. The van der Waals surface area contributed by atoms with Gasteiger partial charge in [-0.2, -0.15) is 0 Å². The summed E-state index contributed by atoms with van der Waals surface area (Å²) < 4.78 is 0. The standard InChI is InChI=1S/C17H24N2/c1-4-18-17(13-19(3)5-2)16-12-8-10-14-9-6-7-11-15(14)16/h6-12,17-18H,4-5,13H2,1-3H3. The van der Waals surface area contributed by atoms with Crippen LogP contribution in [0.5, 0.6) is 0 Å². The van der Waals surface area contributed by atoms with Crippen LogP contribution in [0.15, 0.2) is 42.5 Å². The van der Waals surface area contributed by atoms with E-state index in [1.165, 1.54) is 16.3 Å². The lowest BCUT2D eigenvalue weighted by Gasteiger charge is -2.25. The summed E-state index contributed by atoms with van der Waals surface area (Å²) in [6.45, 7) is 7.48. The van der Waals surface area contributed by atoms with E-state index in [9.17, 15) is 0 Å². The van der Waals surface area contributed by atoms with E-state index in [0.717, 1.165) is 19.6 Å². The van der Waals surface area contributed by atoms with E-state index in [0.29, 0.717) is 6.04 Å². The van der Waals surface area contributed by atoms with Crippen molar-refractivity contribution in [1.82, 2.24) is 10.2 Å². The summed E-state index contributed by atoms with van der Waals surface area (Å²) in [7, 11) is 2.18. The zero-order valence-electron chi connectivity index (χ0n) is 12.2. The molecule has 0 amide bonds. The Hall–Kier alpha value is -1.38. The molecular weight excluding hydrogens is 232 g/mol. The van der Waals surface area contributed by atoms with Crippen LogP contribution in [0.25, 0.3) is 10.8 Å². The van der Waals surface area contributed by atoms with Gasteiger partial charge >= 0.3 is 0 Å². The van der Waals surface area contributed by atoms with Crippen LogP contribution in [0.1, 0.15) is 25.5 Å². The summed E-state index contributed by atoms with van der Waals surface area (Å²) >= 11 is 0. The molecule has 0 spiro atoms. The first-order chi connectivity index (χ1) is 9.26. The fourth-order valence-electron chi connectivity index (χ4n) is 2.51. The van der Waals surface area contributed by atoms with Gasteiger partial charge in [0.2, 0.25) is 0 Å². The van der Waals surface area contributed by atoms with Crippen LogP contribution < -0.4 is 5.32 Å². The largest absolute Gasteiger partial charge is 0.309 e. The van der Waals surface area contributed by atoms with Gasteiger partial charge in [0.1, 0.15) is 0 Å². The summed E-state index contributed by atoms with van der Waals surface area (Å²) in [5.74, 6) is 0. The molecule has 2 rings (SSSR count). The summed E-state index contributed by atoms with van der Waals surface area (Å²) in [6.07, 6.45) is 0. The zero-order valence-corrected chi connectivity index (χ0v) is 12.2. The highest BCUT2D eigenvalue weighted by Crippen LogP contribution is 2.24. The predicted molar refractivity (Wildman–Crippen MR) is 83.5 cm³/mol. The van der Waals surface area contributed by atoms with Gasteiger partial charge in [-0.3, -0.25) is 0 Å². The second-order valence-electron chi connectivity index (χ2n) is 5.03. The molecule has 1 unspecified atom stereocenters. The molecule has 0 fully saturated rings. The molecule has 0 saturated carbocycles. The number of hydrogen-bond donors (Lipinski definition) is 1. The van der Waals surface area contributed by atoms with Crippen molar-refractivity contribution < 1.29 is 0 Å². The van der Waals surface area contributed by atoms with Crippen molar-refractivity contribution in [2.75, 3.05) is 26.7 Å². The fraction of sp³-hybridized carbons (Fsp3) is 0.412. The molecule has 1 N–H and O–H groups in total. The van der Waals surface area contributed by atoms with E-state index in [2.05, 4.69) is 73.6 Å². The van der Waals surface area contributed by atoms with Crippen LogP contribution in [0.4, 0.5) is 0 Å². The van der Waals surface area contributed by atoms with Gasteiger partial charge in [0.25, 0.3) is 0 Å². The third-order valence-electron chi connectivity index (χ3n) is 3.68. The second kappa shape index (κ2) is 6.69. The van der Waals surface area contributed by atoms with Crippen molar-refractivity contribution in [2.24, 2.45) is 0 Å². The molecule has 0 saturated heterocycles. The fourth-order valence-corrected chi connectivity index (χ4v) is 2.51. The minimum absolute atomic E-state index is 0.390. The molecule has 19 heavy (non-hydrogen) atoms. The Morgan fingerprint density at radius 2 is 1.79 bits per heavy atom. The first-order valence-electron chi connectivity index (χ1n) is 7.15. The summed E-state index contributed by atoms with van der Waals surface area (Å²) in [4.78, 5) is 2.36. The number of nitrogens with one attached hydrogen (secondary N) is 1. The molecule has 1 atom stereocenters. The van der Waals surface area contributed by atoms with E-state index >= 15 is 0 Å². The molecule has 0 aliphatic heterocycles. The molecule has 2 aromatic carbocycles. The normalized spacial score (nSPS) is 13.1. The number of likely N-dealkylation sites (N-methyl/N-ethyl adjacent to an activating group) is 2. The lowest BCUT2D eigenvalue weighted by molar-refractivity contribution is 0.306. The van der Waals surface area contributed by atoms with Crippen molar-refractivity contribution in [3.8, 4) is 0 Å². The van der Waals surface area contributed by atoms with E-state index in [-0.39, 0.29) is 0 Å². The Morgan fingerprint density at radius 3 is 2.53 bits per heavy atom. The lowest BCUT2D eigenvalue weighted by Crippen LogP contribution is -2.33. The van der Waals surface area contributed by atoms with Crippen molar-refractivity contribution in [3.05, 3.63) is 48.0 Å². The van der Waals surface area contributed by atoms with Crippen LogP contribution in [0, 0.1) is 0 Å². The predicted octanol–water partition coefficient (Wildman–Crippen LogP) is 3.44. The zero-order chi connectivity index (χ0) is 13.7. The monoisotopic (exact) mass is 256 g/mol. The highest BCUT2D eigenvalue weighted by molar-refractivity contribution is 5.86. The van der Waals surface area contributed by atoms with Gasteiger partial charge in [0, 0.05) is 12.6 Å². The van der Waals surface area contributed by atoms with Gasteiger partial charge in [0.05, 0.1) is 0 Å². The van der Waals surface area contributed by atoms with Crippen LogP contribution in [-0.2, 0) is 0 Å². The number of benzene rings is 2. The first kappa shape index (κ1) is 14.0. The number of fused-ring (bicyclic) bond motifs is 1. The topological polar surface area (TPSA) is 15.3 Å². The first-order valence-corrected chi connectivity index (χ1v) is 7.15. The average molecular weight is 256 g/mol. The summed E-state index contributed by atoms with van der Waals surface area (Å²) in [5.41, 5.74) is 1.40.